The number of hydrogen-bond donors (Lipinski definition) is 1. The summed E-state index contributed by atoms with van der Waals surface area (Å²) < 4.78 is 25.6. The smallest absolute Gasteiger partial charge is 0.211 e. The van der Waals surface area contributed by atoms with Crippen LogP contribution >= 0.6 is 11.6 Å². The first kappa shape index (κ1) is 12.3. The van der Waals surface area contributed by atoms with Crippen LogP contribution < -0.4 is 4.72 Å². The lowest BCUT2D eigenvalue weighted by Gasteiger charge is -2.04. The van der Waals surface area contributed by atoms with Crippen molar-refractivity contribution in [2.75, 3.05) is 11.6 Å². The van der Waals surface area contributed by atoms with Crippen LogP contribution in [-0.4, -0.2) is 26.1 Å². The van der Waals surface area contributed by atoms with Crippen LogP contribution in [0.2, 0.25) is 0 Å². The second-order valence-corrected chi connectivity index (χ2v) is 6.12. The average molecular weight is 240 g/mol. The fraction of sp³-hybridized carbons (Fsp3) is 1.00. The van der Waals surface area contributed by atoms with Gasteiger partial charge in [-0.3, -0.25) is 0 Å². The highest BCUT2D eigenvalue weighted by Gasteiger charge is 2.38. The van der Waals surface area contributed by atoms with Gasteiger partial charge in [0.2, 0.25) is 10.0 Å². The van der Waals surface area contributed by atoms with Crippen LogP contribution in [0.25, 0.3) is 0 Å². The third-order valence-electron chi connectivity index (χ3n) is 2.46. The molecule has 0 aliphatic heterocycles. The summed E-state index contributed by atoms with van der Waals surface area (Å²) in [6, 6.07) is 0.204. The lowest BCUT2D eigenvalue weighted by Crippen LogP contribution is -2.29. The van der Waals surface area contributed by atoms with E-state index in [1.165, 1.54) is 0 Å². The monoisotopic (exact) mass is 239 g/mol. The predicted octanol–water partition coefficient (Wildman–Crippen LogP) is 1.72. The molecular formula is C9H18ClNO2S. The minimum Gasteiger partial charge on any atom is -0.212 e. The largest absolute Gasteiger partial charge is 0.212 e. The summed E-state index contributed by atoms with van der Waals surface area (Å²) in [5, 5.41) is 0. The zero-order valence-corrected chi connectivity index (χ0v) is 10.1. The van der Waals surface area contributed by atoms with E-state index < -0.39 is 10.0 Å². The molecule has 5 heteroatoms. The molecule has 1 N–H and O–H groups in total. The van der Waals surface area contributed by atoms with Crippen LogP contribution in [0.15, 0.2) is 0 Å². The molecule has 1 aliphatic carbocycles. The van der Waals surface area contributed by atoms with Crippen molar-refractivity contribution in [1.82, 2.24) is 4.72 Å². The van der Waals surface area contributed by atoms with Gasteiger partial charge < -0.3 is 0 Å². The molecule has 1 saturated carbocycles. The summed E-state index contributed by atoms with van der Waals surface area (Å²) >= 11 is 5.45. The van der Waals surface area contributed by atoms with Crippen molar-refractivity contribution < 1.29 is 8.42 Å². The quantitative estimate of drug-likeness (QED) is 0.688. The summed E-state index contributed by atoms with van der Waals surface area (Å²) in [4.78, 5) is 0. The lowest BCUT2D eigenvalue weighted by molar-refractivity contribution is 0.572. The Kier molecular flexibility index (Phi) is 4.67. The van der Waals surface area contributed by atoms with Gasteiger partial charge in [0.1, 0.15) is 0 Å². The van der Waals surface area contributed by atoms with Crippen molar-refractivity contribution in [2.24, 2.45) is 5.92 Å². The van der Waals surface area contributed by atoms with Gasteiger partial charge in [0.05, 0.1) is 5.75 Å². The van der Waals surface area contributed by atoms with Crippen molar-refractivity contribution in [3.63, 3.8) is 0 Å². The summed E-state index contributed by atoms with van der Waals surface area (Å²) in [6.45, 7) is 2.12. The topological polar surface area (TPSA) is 46.2 Å². The minimum absolute atomic E-state index is 0.159. The van der Waals surface area contributed by atoms with Gasteiger partial charge >= 0.3 is 0 Å². The molecular weight excluding hydrogens is 222 g/mol. The van der Waals surface area contributed by atoms with Gasteiger partial charge in [-0.25, -0.2) is 13.1 Å². The molecule has 0 aromatic carbocycles. The summed E-state index contributed by atoms with van der Waals surface area (Å²) in [7, 11) is -3.07. The van der Waals surface area contributed by atoms with E-state index >= 15 is 0 Å². The Morgan fingerprint density at radius 3 is 2.79 bits per heavy atom. The Morgan fingerprint density at radius 2 is 2.21 bits per heavy atom. The van der Waals surface area contributed by atoms with Crippen molar-refractivity contribution in [3.05, 3.63) is 0 Å². The van der Waals surface area contributed by atoms with Crippen LogP contribution in [0.4, 0.5) is 0 Å². The Labute approximate surface area is 91.3 Å². The molecule has 1 fully saturated rings. The highest BCUT2D eigenvalue weighted by molar-refractivity contribution is 7.89. The van der Waals surface area contributed by atoms with Crippen LogP contribution in [0.3, 0.4) is 0 Å². The second-order valence-electron chi connectivity index (χ2n) is 3.87. The van der Waals surface area contributed by atoms with Gasteiger partial charge in [0.25, 0.3) is 0 Å². The standard InChI is InChI=1S/C9H18ClNO2S/c1-2-4-8-7-9(8)11-14(12,13)6-3-5-10/h8-9,11H,2-7H2,1H3. The molecule has 3 nitrogen and oxygen atoms in total. The zero-order valence-electron chi connectivity index (χ0n) is 8.50. The molecule has 0 spiro atoms. The molecule has 1 rings (SSSR count). The van der Waals surface area contributed by atoms with E-state index in [0.29, 0.717) is 18.2 Å². The SMILES string of the molecule is CCCC1CC1NS(=O)(=O)CCCCl. The first-order valence-electron chi connectivity index (χ1n) is 5.15. The highest BCUT2D eigenvalue weighted by atomic mass is 35.5. The molecule has 0 aromatic rings. The number of hydrogen-bond acceptors (Lipinski definition) is 2. The molecule has 84 valence electrons. The fourth-order valence-electron chi connectivity index (χ4n) is 1.62. The van der Waals surface area contributed by atoms with Crippen molar-refractivity contribution in [1.29, 1.82) is 0 Å². The number of nitrogens with one attached hydrogen (secondary N) is 1. The van der Waals surface area contributed by atoms with Gasteiger partial charge in [0.15, 0.2) is 0 Å². The van der Waals surface area contributed by atoms with Gasteiger partial charge in [-0.1, -0.05) is 13.3 Å². The van der Waals surface area contributed by atoms with Crippen molar-refractivity contribution in [2.45, 2.75) is 38.6 Å². The van der Waals surface area contributed by atoms with E-state index in [-0.39, 0.29) is 11.8 Å². The molecule has 0 radical (unpaired) electrons. The van der Waals surface area contributed by atoms with E-state index in [0.717, 1.165) is 19.3 Å². The van der Waals surface area contributed by atoms with E-state index in [2.05, 4.69) is 11.6 Å². The van der Waals surface area contributed by atoms with Gasteiger partial charge in [-0.05, 0) is 25.2 Å². The Hall–Kier alpha value is 0.200. The van der Waals surface area contributed by atoms with Crippen molar-refractivity contribution >= 4 is 21.6 Å². The van der Waals surface area contributed by atoms with E-state index in [1.54, 1.807) is 0 Å². The highest BCUT2D eigenvalue weighted by Crippen LogP contribution is 2.35. The third-order valence-corrected chi connectivity index (χ3v) is 4.21. The first-order chi connectivity index (χ1) is 6.59. The van der Waals surface area contributed by atoms with Crippen LogP contribution in [0, 0.1) is 5.92 Å². The van der Waals surface area contributed by atoms with Gasteiger partial charge in [-0.2, -0.15) is 0 Å². The second kappa shape index (κ2) is 5.33. The predicted molar refractivity (Wildman–Crippen MR) is 59.1 cm³/mol. The average Bonchev–Trinajstić information content (AvgIpc) is 2.80. The molecule has 1 aliphatic rings. The molecule has 0 amide bonds. The Morgan fingerprint density at radius 1 is 1.50 bits per heavy atom. The molecule has 0 saturated heterocycles. The van der Waals surface area contributed by atoms with E-state index in [4.69, 9.17) is 11.6 Å². The van der Waals surface area contributed by atoms with Crippen LogP contribution in [-0.2, 0) is 10.0 Å². The maximum atomic E-state index is 11.4. The number of alkyl halides is 1. The minimum atomic E-state index is -3.07. The molecule has 2 atom stereocenters. The molecule has 0 aromatic heterocycles. The molecule has 14 heavy (non-hydrogen) atoms. The normalized spacial score (nSPS) is 26.4. The zero-order chi connectivity index (χ0) is 10.6. The summed E-state index contributed by atoms with van der Waals surface area (Å²) in [5.74, 6) is 1.14. The Bertz CT molecular complexity index is 266. The lowest BCUT2D eigenvalue weighted by atomic mass is 10.2. The van der Waals surface area contributed by atoms with Gasteiger partial charge in [0, 0.05) is 11.9 Å². The first-order valence-corrected chi connectivity index (χ1v) is 7.33. The van der Waals surface area contributed by atoms with E-state index in [1.807, 2.05) is 0 Å². The number of halogens is 1. The molecule has 0 bridgehead atoms. The molecule has 0 heterocycles. The third kappa shape index (κ3) is 4.15. The maximum absolute atomic E-state index is 11.4. The van der Waals surface area contributed by atoms with Crippen LogP contribution in [0.5, 0.6) is 0 Å². The van der Waals surface area contributed by atoms with E-state index in [9.17, 15) is 8.42 Å². The summed E-state index contributed by atoms with van der Waals surface area (Å²) in [6.07, 6.45) is 3.79. The van der Waals surface area contributed by atoms with Gasteiger partial charge in [-0.15, -0.1) is 11.6 Å². The number of sulfonamides is 1. The fourth-order valence-corrected chi connectivity index (χ4v) is 3.30. The van der Waals surface area contributed by atoms with Crippen molar-refractivity contribution in [3.8, 4) is 0 Å². The molecule has 2 unspecified atom stereocenters. The van der Waals surface area contributed by atoms with Crippen LogP contribution in [0.1, 0.15) is 32.6 Å². The maximum Gasteiger partial charge on any atom is 0.211 e. The summed E-state index contributed by atoms with van der Waals surface area (Å²) in [5.41, 5.74) is 0. The Balaban J connectivity index is 2.24. The number of rotatable bonds is 7.